The lowest BCUT2D eigenvalue weighted by Crippen LogP contribution is -2.47. The minimum absolute atomic E-state index is 0.0361. The number of piperidine rings is 1. The van der Waals surface area contributed by atoms with Gasteiger partial charge in [0.05, 0.1) is 12.2 Å². The van der Waals surface area contributed by atoms with Crippen LogP contribution < -0.4 is 0 Å². The van der Waals surface area contributed by atoms with Crippen LogP contribution in [0.2, 0.25) is 18.1 Å². The fourth-order valence-electron chi connectivity index (χ4n) is 2.88. The van der Waals surface area contributed by atoms with Crippen molar-refractivity contribution in [3.63, 3.8) is 0 Å². The quantitative estimate of drug-likeness (QED) is 0.784. The summed E-state index contributed by atoms with van der Waals surface area (Å²) in [5.41, 5.74) is 0. The Morgan fingerprint density at radius 3 is 2.44 bits per heavy atom. The topological polar surface area (TPSA) is 32.7 Å². The summed E-state index contributed by atoms with van der Waals surface area (Å²) in [4.78, 5) is 2.44. The Morgan fingerprint density at radius 1 is 1.22 bits per heavy atom. The van der Waals surface area contributed by atoms with Crippen molar-refractivity contribution in [2.75, 3.05) is 13.1 Å². The molecule has 0 aromatic rings. The van der Waals surface area contributed by atoms with Crippen molar-refractivity contribution in [2.24, 2.45) is 0 Å². The minimum Gasteiger partial charge on any atom is -0.410 e. The lowest BCUT2D eigenvalue weighted by molar-refractivity contribution is 0.0372. The second kappa shape index (κ2) is 4.89. The molecule has 0 spiro atoms. The Bertz CT molecular complexity index is 301. The molecular weight excluding hydrogens is 242 g/mol. The first-order chi connectivity index (χ1) is 8.22. The smallest absolute Gasteiger partial charge is 0.192 e. The molecule has 3 atom stereocenters. The van der Waals surface area contributed by atoms with Crippen molar-refractivity contribution in [3.8, 4) is 0 Å². The van der Waals surface area contributed by atoms with E-state index in [-0.39, 0.29) is 17.2 Å². The lowest BCUT2D eigenvalue weighted by Gasteiger charge is -2.39. The molecule has 0 amide bonds. The van der Waals surface area contributed by atoms with Crippen LogP contribution in [0.1, 0.15) is 40.0 Å². The SMILES string of the molecule is CC(C)(C)[Si](C)(C)O[C@H]1CN2CCCC[C@H]2[C@@H]1O. The third-order valence-electron chi connectivity index (χ3n) is 5.11. The van der Waals surface area contributed by atoms with Crippen molar-refractivity contribution in [3.05, 3.63) is 0 Å². The Morgan fingerprint density at radius 2 is 1.89 bits per heavy atom. The van der Waals surface area contributed by atoms with Crippen molar-refractivity contribution in [1.82, 2.24) is 4.90 Å². The molecule has 2 heterocycles. The van der Waals surface area contributed by atoms with Gasteiger partial charge in [0.25, 0.3) is 0 Å². The van der Waals surface area contributed by atoms with E-state index in [1.54, 1.807) is 0 Å². The number of nitrogens with zero attached hydrogens (tertiary/aromatic N) is 1. The van der Waals surface area contributed by atoms with Gasteiger partial charge in [0.15, 0.2) is 8.32 Å². The van der Waals surface area contributed by atoms with Crippen molar-refractivity contribution in [2.45, 2.75) is 76.4 Å². The number of aliphatic hydroxyl groups is 1. The molecule has 0 radical (unpaired) electrons. The molecule has 2 aliphatic rings. The van der Waals surface area contributed by atoms with Crippen molar-refractivity contribution in [1.29, 1.82) is 0 Å². The Labute approximate surface area is 113 Å². The van der Waals surface area contributed by atoms with Crippen molar-refractivity contribution < 1.29 is 9.53 Å². The first-order valence-corrected chi connectivity index (χ1v) is 10.2. The molecule has 3 nitrogen and oxygen atoms in total. The molecular formula is C14H29NO2Si. The summed E-state index contributed by atoms with van der Waals surface area (Å²) in [5.74, 6) is 0. The van der Waals surface area contributed by atoms with Crippen LogP contribution in [0, 0.1) is 0 Å². The van der Waals surface area contributed by atoms with Crippen LogP contribution in [0.25, 0.3) is 0 Å². The third kappa shape index (κ3) is 2.67. The monoisotopic (exact) mass is 271 g/mol. The Balaban J connectivity index is 2.03. The van der Waals surface area contributed by atoms with Crippen LogP contribution in [0.15, 0.2) is 0 Å². The molecule has 2 aliphatic heterocycles. The molecule has 2 saturated heterocycles. The number of fused-ring (bicyclic) bond motifs is 1. The van der Waals surface area contributed by atoms with Gasteiger partial charge >= 0.3 is 0 Å². The Kier molecular flexibility index (Phi) is 3.94. The normalized spacial score (nSPS) is 34.7. The molecule has 2 rings (SSSR count). The number of hydrogen-bond acceptors (Lipinski definition) is 3. The summed E-state index contributed by atoms with van der Waals surface area (Å²) in [5, 5.41) is 10.7. The lowest BCUT2D eigenvalue weighted by atomic mass is 10.0. The second-order valence-corrected chi connectivity index (χ2v) is 12.2. The van der Waals surface area contributed by atoms with Gasteiger partial charge in [-0.1, -0.05) is 27.2 Å². The van der Waals surface area contributed by atoms with E-state index in [0.29, 0.717) is 6.04 Å². The van der Waals surface area contributed by atoms with E-state index in [0.717, 1.165) is 19.5 Å². The molecule has 4 heteroatoms. The average molecular weight is 271 g/mol. The van der Waals surface area contributed by atoms with Gasteiger partial charge in [0.1, 0.15) is 0 Å². The van der Waals surface area contributed by atoms with Gasteiger partial charge < -0.3 is 9.53 Å². The van der Waals surface area contributed by atoms with E-state index >= 15 is 0 Å². The first kappa shape index (κ1) is 14.5. The first-order valence-electron chi connectivity index (χ1n) is 7.32. The van der Waals surface area contributed by atoms with E-state index in [1.165, 1.54) is 12.8 Å². The van der Waals surface area contributed by atoms with Crippen LogP contribution in [-0.4, -0.2) is 49.7 Å². The molecule has 1 N–H and O–H groups in total. The van der Waals surface area contributed by atoms with Gasteiger partial charge in [-0.15, -0.1) is 0 Å². The van der Waals surface area contributed by atoms with Crippen molar-refractivity contribution >= 4 is 8.32 Å². The van der Waals surface area contributed by atoms with Gasteiger partial charge in [0, 0.05) is 12.6 Å². The van der Waals surface area contributed by atoms with Crippen LogP contribution >= 0.6 is 0 Å². The molecule has 106 valence electrons. The number of rotatable bonds is 2. The summed E-state index contributed by atoms with van der Waals surface area (Å²) in [6.07, 6.45) is 3.42. The summed E-state index contributed by atoms with van der Waals surface area (Å²) < 4.78 is 6.41. The average Bonchev–Trinajstić information content (AvgIpc) is 2.54. The minimum atomic E-state index is -1.76. The standard InChI is InChI=1S/C14H29NO2Si/c1-14(2,3)18(4,5)17-12-10-15-9-7-6-8-11(15)13(12)16/h11-13,16H,6-10H2,1-5H3/t11-,12-,13-/m0/s1. The highest BCUT2D eigenvalue weighted by Gasteiger charge is 2.47. The maximum atomic E-state index is 10.5. The summed E-state index contributed by atoms with van der Waals surface area (Å²) in [6, 6.07) is 0.355. The zero-order valence-electron chi connectivity index (χ0n) is 12.6. The molecule has 0 aliphatic carbocycles. The van der Waals surface area contributed by atoms with Gasteiger partial charge in [-0.2, -0.15) is 0 Å². The van der Waals surface area contributed by atoms with E-state index < -0.39 is 8.32 Å². The van der Waals surface area contributed by atoms with Crippen LogP contribution in [0.4, 0.5) is 0 Å². The molecule has 0 saturated carbocycles. The summed E-state index contributed by atoms with van der Waals surface area (Å²) in [6.45, 7) is 13.4. The molecule has 0 aromatic heterocycles. The van der Waals surface area contributed by atoms with E-state index in [4.69, 9.17) is 4.43 Å². The van der Waals surface area contributed by atoms with E-state index in [9.17, 15) is 5.11 Å². The van der Waals surface area contributed by atoms with E-state index in [1.807, 2.05) is 0 Å². The summed E-state index contributed by atoms with van der Waals surface area (Å²) in [7, 11) is -1.76. The summed E-state index contributed by atoms with van der Waals surface area (Å²) >= 11 is 0. The predicted molar refractivity (Wildman–Crippen MR) is 77.3 cm³/mol. The van der Waals surface area contributed by atoms with Crippen LogP contribution in [0.3, 0.4) is 0 Å². The van der Waals surface area contributed by atoms with E-state index in [2.05, 4.69) is 38.8 Å². The highest BCUT2D eigenvalue weighted by molar-refractivity contribution is 6.74. The number of hydrogen-bond donors (Lipinski definition) is 1. The zero-order chi connectivity index (χ0) is 13.6. The van der Waals surface area contributed by atoms with Crippen LogP contribution in [0.5, 0.6) is 0 Å². The van der Waals surface area contributed by atoms with Gasteiger partial charge in [-0.25, -0.2) is 0 Å². The second-order valence-electron chi connectivity index (χ2n) is 7.47. The molecule has 0 unspecified atom stereocenters. The van der Waals surface area contributed by atoms with Gasteiger partial charge in [0.2, 0.25) is 0 Å². The molecule has 0 bridgehead atoms. The van der Waals surface area contributed by atoms with Gasteiger partial charge in [-0.3, -0.25) is 4.90 Å². The highest BCUT2D eigenvalue weighted by atomic mass is 28.4. The maximum absolute atomic E-state index is 10.5. The fraction of sp³-hybridized carbons (Fsp3) is 1.00. The number of aliphatic hydroxyl groups excluding tert-OH is 1. The molecule has 2 fully saturated rings. The Hall–Kier alpha value is 0.0969. The van der Waals surface area contributed by atoms with Crippen LogP contribution in [-0.2, 0) is 4.43 Å². The predicted octanol–water partition coefficient (Wildman–Crippen LogP) is 2.61. The molecule has 18 heavy (non-hydrogen) atoms. The highest BCUT2D eigenvalue weighted by Crippen LogP contribution is 2.39. The maximum Gasteiger partial charge on any atom is 0.192 e. The fourth-order valence-corrected chi connectivity index (χ4v) is 4.20. The molecule has 0 aromatic carbocycles. The zero-order valence-corrected chi connectivity index (χ0v) is 13.6. The largest absolute Gasteiger partial charge is 0.410 e. The third-order valence-corrected chi connectivity index (χ3v) is 9.61. The van der Waals surface area contributed by atoms with Gasteiger partial charge in [-0.05, 0) is 37.5 Å².